The van der Waals surface area contributed by atoms with Gasteiger partial charge in [0.05, 0.1) is 25.6 Å². The first-order chi connectivity index (χ1) is 18.3. The number of ether oxygens (including phenoxy) is 2. The zero-order valence-corrected chi connectivity index (χ0v) is 21.7. The van der Waals surface area contributed by atoms with Gasteiger partial charge < -0.3 is 26.3 Å². The summed E-state index contributed by atoms with van der Waals surface area (Å²) in [6.07, 6.45) is 3.52. The number of aromatic nitrogens is 1. The molecule has 10 nitrogen and oxygen atoms in total. The lowest BCUT2D eigenvalue weighted by atomic mass is 10.0. The molecule has 0 radical (unpaired) electrons. The number of nitrogens with one attached hydrogen (secondary N) is 1. The molecular weight excluding hydrogens is 513 g/mol. The van der Waals surface area contributed by atoms with Crippen molar-refractivity contribution >= 4 is 40.6 Å². The Labute approximate surface area is 222 Å². The third-order valence-electron chi connectivity index (χ3n) is 6.42. The molecule has 1 unspecified atom stereocenters. The van der Waals surface area contributed by atoms with E-state index in [1.165, 1.54) is 32.4 Å². The van der Waals surface area contributed by atoms with Gasteiger partial charge in [-0.25, -0.2) is 4.39 Å². The van der Waals surface area contributed by atoms with Crippen LogP contribution < -0.4 is 31.2 Å². The van der Waals surface area contributed by atoms with Crippen LogP contribution >= 0.6 is 11.5 Å². The Bertz CT molecular complexity index is 1360. The number of nitrogens with zero attached hydrogens (tertiary/aromatic N) is 2. The topological polar surface area (TPSA) is 150 Å². The SMILES string of the molecule is COc1ccc(C(C(=O)NC2CCCC2)N(C(=O)c2snc(C(N)=O)c2N)c2ccccc2F)cc1OC. The molecule has 5 N–H and O–H groups in total. The molecule has 0 spiro atoms. The number of carbonyl (C=O) groups is 3. The lowest BCUT2D eigenvalue weighted by Gasteiger charge is -2.32. The first kappa shape index (κ1) is 26.9. The molecule has 1 fully saturated rings. The van der Waals surface area contributed by atoms with Gasteiger partial charge >= 0.3 is 0 Å². The second-order valence-corrected chi connectivity index (χ2v) is 9.55. The van der Waals surface area contributed by atoms with Crippen LogP contribution in [0.5, 0.6) is 11.5 Å². The van der Waals surface area contributed by atoms with Crippen LogP contribution in [0, 0.1) is 5.82 Å². The minimum Gasteiger partial charge on any atom is -0.493 e. The number of hydrogen-bond donors (Lipinski definition) is 3. The molecule has 12 heteroatoms. The summed E-state index contributed by atoms with van der Waals surface area (Å²) < 4.78 is 29.9. The Hall–Kier alpha value is -4.19. The summed E-state index contributed by atoms with van der Waals surface area (Å²) in [5, 5.41) is 3.01. The summed E-state index contributed by atoms with van der Waals surface area (Å²) in [4.78, 5) is 40.6. The van der Waals surface area contributed by atoms with Gasteiger partial charge in [0.15, 0.2) is 17.2 Å². The smallest absolute Gasteiger partial charge is 0.273 e. The van der Waals surface area contributed by atoms with Gasteiger partial charge in [-0.15, -0.1) is 0 Å². The number of nitrogens with two attached hydrogens (primary N) is 2. The number of halogens is 1. The van der Waals surface area contributed by atoms with Crippen molar-refractivity contribution in [2.45, 2.75) is 37.8 Å². The molecule has 1 aliphatic carbocycles. The van der Waals surface area contributed by atoms with Crippen molar-refractivity contribution in [3.63, 3.8) is 0 Å². The van der Waals surface area contributed by atoms with E-state index in [9.17, 15) is 14.4 Å². The summed E-state index contributed by atoms with van der Waals surface area (Å²) in [6.45, 7) is 0. The number of methoxy groups -OCH3 is 2. The maximum absolute atomic E-state index is 15.3. The molecule has 200 valence electrons. The standard InChI is InChI=1S/C26H28FN5O5S/c1-36-18-12-11-14(13-19(18)37-2)22(25(34)30-15-7-3-4-8-15)32(17-10-6-5-9-16(17)27)26(35)23-20(28)21(24(29)33)31-38-23/h5-6,9-13,15,22H,3-4,7-8,28H2,1-2H3,(H2,29,33)(H,30,34). The molecule has 1 saturated carbocycles. The number of hydrogen-bond acceptors (Lipinski definition) is 8. The molecule has 1 atom stereocenters. The molecule has 1 aliphatic rings. The van der Waals surface area contributed by atoms with Crippen LogP contribution in [0.25, 0.3) is 0 Å². The number of para-hydroxylation sites is 1. The zero-order chi connectivity index (χ0) is 27.4. The highest BCUT2D eigenvalue weighted by Crippen LogP contribution is 2.37. The highest BCUT2D eigenvalue weighted by Gasteiger charge is 2.38. The molecule has 0 aliphatic heterocycles. The fourth-order valence-corrected chi connectivity index (χ4v) is 5.28. The van der Waals surface area contributed by atoms with E-state index in [1.807, 2.05) is 0 Å². The van der Waals surface area contributed by atoms with Crippen molar-refractivity contribution in [1.29, 1.82) is 0 Å². The number of nitrogen functional groups attached to an aromatic ring is 1. The van der Waals surface area contributed by atoms with Gasteiger partial charge in [-0.2, -0.15) is 4.37 Å². The minimum atomic E-state index is -1.33. The van der Waals surface area contributed by atoms with E-state index >= 15 is 4.39 Å². The molecule has 3 amide bonds. The quantitative estimate of drug-likeness (QED) is 0.376. The lowest BCUT2D eigenvalue weighted by molar-refractivity contribution is -0.123. The summed E-state index contributed by atoms with van der Waals surface area (Å²) in [7, 11) is 2.91. The summed E-state index contributed by atoms with van der Waals surface area (Å²) in [5.74, 6) is -2.26. The zero-order valence-electron chi connectivity index (χ0n) is 20.9. The molecule has 0 saturated heterocycles. The predicted molar refractivity (Wildman–Crippen MR) is 141 cm³/mol. The molecule has 3 aromatic rings. The number of carbonyl (C=O) groups excluding carboxylic acids is 3. The van der Waals surface area contributed by atoms with E-state index in [-0.39, 0.29) is 28.0 Å². The van der Waals surface area contributed by atoms with Crippen LogP contribution in [-0.2, 0) is 4.79 Å². The van der Waals surface area contributed by atoms with Crippen molar-refractivity contribution in [2.75, 3.05) is 24.9 Å². The molecule has 2 aromatic carbocycles. The Kier molecular flexibility index (Phi) is 8.10. The number of amides is 3. The molecule has 38 heavy (non-hydrogen) atoms. The van der Waals surface area contributed by atoms with Gasteiger partial charge in [-0.1, -0.05) is 31.0 Å². The molecule has 1 heterocycles. The van der Waals surface area contributed by atoms with Crippen molar-refractivity contribution in [1.82, 2.24) is 9.69 Å². The normalized spacial score (nSPS) is 14.1. The largest absolute Gasteiger partial charge is 0.493 e. The summed E-state index contributed by atoms with van der Waals surface area (Å²) in [5.41, 5.74) is 11.1. The monoisotopic (exact) mass is 541 g/mol. The van der Waals surface area contributed by atoms with E-state index < -0.39 is 29.6 Å². The van der Waals surface area contributed by atoms with E-state index in [1.54, 1.807) is 24.3 Å². The number of primary amides is 1. The van der Waals surface area contributed by atoms with Crippen molar-refractivity contribution in [3.8, 4) is 11.5 Å². The third-order valence-corrected chi connectivity index (χ3v) is 7.27. The maximum atomic E-state index is 15.3. The van der Waals surface area contributed by atoms with E-state index in [0.29, 0.717) is 28.6 Å². The van der Waals surface area contributed by atoms with Gasteiger partial charge in [-0.05, 0) is 54.2 Å². The minimum absolute atomic E-state index is 0.0855. The Morgan fingerprint density at radius 3 is 2.39 bits per heavy atom. The van der Waals surface area contributed by atoms with Crippen LogP contribution in [-0.4, -0.2) is 42.4 Å². The van der Waals surface area contributed by atoms with Gasteiger partial charge in [0.2, 0.25) is 5.91 Å². The summed E-state index contributed by atoms with van der Waals surface area (Å²) >= 11 is 0.647. The molecule has 4 rings (SSSR count). The fraction of sp³-hybridized carbons (Fsp3) is 0.308. The highest BCUT2D eigenvalue weighted by atomic mass is 32.1. The average molecular weight is 542 g/mol. The van der Waals surface area contributed by atoms with E-state index in [2.05, 4.69) is 9.69 Å². The van der Waals surface area contributed by atoms with Crippen LogP contribution in [0.15, 0.2) is 42.5 Å². The van der Waals surface area contributed by atoms with E-state index in [4.69, 9.17) is 20.9 Å². The first-order valence-electron chi connectivity index (χ1n) is 11.9. The Morgan fingerprint density at radius 2 is 1.79 bits per heavy atom. The third kappa shape index (κ3) is 5.25. The van der Waals surface area contributed by atoms with Crippen molar-refractivity contribution in [2.24, 2.45) is 5.73 Å². The van der Waals surface area contributed by atoms with Gasteiger partial charge in [0.25, 0.3) is 11.8 Å². The number of anilines is 2. The average Bonchev–Trinajstić information content (AvgIpc) is 3.56. The molecular formula is C26H28FN5O5S. The first-order valence-corrected chi connectivity index (χ1v) is 12.7. The van der Waals surface area contributed by atoms with Gasteiger partial charge in [-0.3, -0.25) is 19.3 Å². The van der Waals surface area contributed by atoms with Crippen molar-refractivity contribution < 1.29 is 28.2 Å². The van der Waals surface area contributed by atoms with Crippen LogP contribution in [0.2, 0.25) is 0 Å². The van der Waals surface area contributed by atoms with Crippen molar-refractivity contribution in [3.05, 3.63) is 64.4 Å². The molecule has 1 aromatic heterocycles. The predicted octanol–water partition coefficient (Wildman–Crippen LogP) is 3.43. The van der Waals surface area contributed by atoms with Crippen LogP contribution in [0.3, 0.4) is 0 Å². The lowest BCUT2D eigenvalue weighted by Crippen LogP contribution is -2.46. The highest BCUT2D eigenvalue weighted by molar-refractivity contribution is 7.09. The van der Waals surface area contributed by atoms with Gasteiger partial charge in [0.1, 0.15) is 16.7 Å². The number of rotatable bonds is 9. The second-order valence-electron chi connectivity index (χ2n) is 8.77. The van der Waals surface area contributed by atoms with Crippen LogP contribution in [0.1, 0.15) is 57.4 Å². The fourth-order valence-electron chi connectivity index (χ4n) is 4.54. The Balaban J connectivity index is 1.91. The molecule has 0 bridgehead atoms. The van der Waals surface area contributed by atoms with Crippen LogP contribution in [0.4, 0.5) is 15.8 Å². The second kappa shape index (κ2) is 11.5. The van der Waals surface area contributed by atoms with E-state index in [0.717, 1.165) is 30.6 Å². The Morgan fingerprint density at radius 1 is 1.11 bits per heavy atom. The summed E-state index contributed by atoms with van der Waals surface area (Å²) in [6, 6.07) is 8.92. The number of benzene rings is 2. The van der Waals surface area contributed by atoms with Gasteiger partial charge in [0, 0.05) is 6.04 Å². The maximum Gasteiger partial charge on any atom is 0.273 e.